The summed E-state index contributed by atoms with van der Waals surface area (Å²) in [7, 11) is 0. The minimum atomic E-state index is 0.490. The highest BCUT2D eigenvalue weighted by atomic mass is 16.4. The van der Waals surface area contributed by atoms with Crippen molar-refractivity contribution in [3.63, 3.8) is 0 Å². The molecule has 1 aliphatic rings. The molecule has 2 atom stereocenters. The number of rotatable bonds is 2. The van der Waals surface area contributed by atoms with Gasteiger partial charge in [0.05, 0.1) is 0 Å². The summed E-state index contributed by atoms with van der Waals surface area (Å²) in [5.74, 6) is 0. The first-order chi connectivity index (χ1) is 9.13. The lowest BCUT2D eigenvalue weighted by Crippen LogP contribution is -2.47. The molecule has 0 saturated carbocycles. The maximum absolute atomic E-state index is 5.74. The fourth-order valence-electron chi connectivity index (χ4n) is 2.74. The van der Waals surface area contributed by atoms with Gasteiger partial charge in [0.1, 0.15) is 5.52 Å². The molecule has 0 amide bonds. The van der Waals surface area contributed by atoms with Gasteiger partial charge in [0.2, 0.25) is 0 Å². The Balaban J connectivity index is 1.84. The molecule has 5 heteroatoms. The third-order valence-electron chi connectivity index (χ3n) is 3.83. The lowest BCUT2D eigenvalue weighted by atomic mass is 10.00. The molecular weight excluding hydrogens is 240 g/mol. The van der Waals surface area contributed by atoms with Gasteiger partial charge in [-0.15, -0.1) is 0 Å². The molecule has 2 aromatic rings. The molecule has 5 nitrogen and oxygen atoms in total. The Bertz CT molecular complexity index is 570. The second-order valence-electron chi connectivity index (χ2n) is 5.39. The van der Waals surface area contributed by atoms with Crippen LogP contribution in [0, 0.1) is 0 Å². The van der Waals surface area contributed by atoms with Gasteiger partial charge in [-0.1, -0.05) is 6.42 Å². The number of piperidine rings is 1. The monoisotopic (exact) mass is 260 g/mol. The van der Waals surface area contributed by atoms with Crippen molar-refractivity contribution in [2.24, 2.45) is 0 Å². The molecule has 0 bridgehead atoms. The first-order valence-corrected chi connectivity index (χ1v) is 6.84. The van der Waals surface area contributed by atoms with E-state index in [9.17, 15) is 0 Å². The Morgan fingerprint density at radius 3 is 2.79 bits per heavy atom. The summed E-state index contributed by atoms with van der Waals surface area (Å²) in [6.07, 6.45) is 3.68. The topological polar surface area (TPSA) is 67.3 Å². The molecule has 0 radical (unpaired) electrons. The molecule has 2 heterocycles. The zero-order valence-corrected chi connectivity index (χ0v) is 11.4. The zero-order chi connectivity index (χ0) is 13.4. The molecule has 3 N–H and O–H groups in total. The number of oxazole rings is 1. The van der Waals surface area contributed by atoms with Crippen LogP contribution in [0.1, 0.15) is 33.1 Å². The Labute approximate surface area is 112 Å². The zero-order valence-electron chi connectivity index (χ0n) is 11.4. The van der Waals surface area contributed by atoms with Crippen molar-refractivity contribution >= 4 is 22.8 Å². The van der Waals surface area contributed by atoms with E-state index in [2.05, 4.69) is 29.3 Å². The molecule has 0 aliphatic carbocycles. The number of nitrogens with two attached hydrogens (primary N) is 1. The molecule has 1 aromatic carbocycles. The van der Waals surface area contributed by atoms with Crippen LogP contribution in [-0.4, -0.2) is 22.1 Å². The highest BCUT2D eigenvalue weighted by Crippen LogP contribution is 2.26. The number of aromatic nitrogens is 1. The van der Waals surface area contributed by atoms with Gasteiger partial charge in [0, 0.05) is 23.8 Å². The minimum absolute atomic E-state index is 0.490. The van der Waals surface area contributed by atoms with E-state index in [0.29, 0.717) is 23.8 Å². The van der Waals surface area contributed by atoms with Gasteiger partial charge >= 0.3 is 6.01 Å². The number of hydrogen-bond acceptors (Lipinski definition) is 5. The predicted octanol–water partition coefficient (Wildman–Crippen LogP) is 3.00. The van der Waals surface area contributed by atoms with E-state index in [1.54, 1.807) is 6.07 Å². The normalized spacial score (nSPS) is 24.7. The summed E-state index contributed by atoms with van der Waals surface area (Å²) in [6, 6.07) is 7.04. The number of nitrogens with one attached hydrogen (secondary N) is 1. The summed E-state index contributed by atoms with van der Waals surface area (Å²) < 4.78 is 5.70. The van der Waals surface area contributed by atoms with E-state index in [1.807, 2.05) is 12.1 Å². The van der Waals surface area contributed by atoms with E-state index in [4.69, 9.17) is 10.2 Å². The van der Waals surface area contributed by atoms with Gasteiger partial charge in [-0.2, -0.15) is 4.98 Å². The van der Waals surface area contributed by atoms with Gasteiger partial charge in [-0.05, 0) is 38.8 Å². The first-order valence-electron chi connectivity index (χ1n) is 6.84. The van der Waals surface area contributed by atoms with Crippen LogP contribution in [0.2, 0.25) is 0 Å². The quantitative estimate of drug-likeness (QED) is 0.812. The number of hydrazine groups is 1. The van der Waals surface area contributed by atoms with Crippen LogP contribution in [0.15, 0.2) is 22.6 Å². The molecule has 1 aromatic heterocycles. The number of benzene rings is 1. The summed E-state index contributed by atoms with van der Waals surface area (Å²) in [5.41, 5.74) is 11.3. The standard InChI is InChI=1S/C14H20N4O/c1-9-4-3-5-10(2)18(9)17-14-16-12-7-6-11(15)8-13(12)19-14/h6-10H,3-5,15H2,1-2H3,(H,16,17). The highest BCUT2D eigenvalue weighted by Gasteiger charge is 2.25. The Morgan fingerprint density at radius 1 is 1.32 bits per heavy atom. The number of anilines is 2. The number of fused-ring (bicyclic) bond motifs is 1. The van der Waals surface area contributed by atoms with E-state index < -0.39 is 0 Å². The van der Waals surface area contributed by atoms with Crippen LogP contribution in [0.4, 0.5) is 11.7 Å². The second kappa shape index (κ2) is 4.74. The fourth-order valence-corrected chi connectivity index (χ4v) is 2.74. The summed E-state index contributed by atoms with van der Waals surface area (Å²) in [6.45, 7) is 4.45. The molecule has 19 heavy (non-hydrogen) atoms. The highest BCUT2D eigenvalue weighted by molar-refractivity contribution is 5.77. The van der Waals surface area contributed by atoms with Gasteiger partial charge in [0.25, 0.3) is 0 Å². The average Bonchev–Trinajstić information content (AvgIpc) is 2.75. The molecule has 102 valence electrons. The third kappa shape index (κ3) is 2.38. The van der Waals surface area contributed by atoms with E-state index in [1.165, 1.54) is 19.3 Å². The molecule has 1 fully saturated rings. The SMILES string of the molecule is CC1CCCC(C)N1Nc1nc2ccc(N)cc2o1. The van der Waals surface area contributed by atoms with Crippen LogP contribution in [0.25, 0.3) is 11.1 Å². The maximum atomic E-state index is 5.74. The van der Waals surface area contributed by atoms with Crippen molar-refractivity contribution in [1.82, 2.24) is 9.99 Å². The molecular formula is C14H20N4O. The molecule has 1 saturated heterocycles. The number of nitrogens with zero attached hydrogens (tertiary/aromatic N) is 2. The van der Waals surface area contributed by atoms with E-state index >= 15 is 0 Å². The summed E-state index contributed by atoms with van der Waals surface area (Å²) >= 11 is 0. The fraction of sp³-hybridized carbons (Fsp3) is 0.500. The molecule has 3 rings (SSSR count). The van der Waals surface area contributed by atoms with Crippen molar-refractivity contribution in [3.05, 3.63) is 18.2 Å². The van der Waals surface area contributed by atoms with E-state index in [0.717, 1.165) is 11.1 Å². The van der Waals surface area contributed by atoms with Gasteiger partial charge in [-0.25, -0.2) is 5.01 Å². The predicted molar refractivity (Wildman–Crippen MR) is 76.7 cm³/mol. The average molecular weight is 260 g/mol. The second-order valence-corrected chi connectivity index (χ2v) is 5.39. The van der Waals surface area contributed by atoms with E-state index in [-0.39, 0.29) is 0 Å². The summed E-state index contributed by atoms with van der Waals surface area (Å²) in [5, 5.41) is 2.23. The Morgan fingerprint density at radius 2 is 2.05 bits per heavy atom. The van der Waals surface area contributed by atoms with Crippen LogP contribution in [-0.2, 0) is 0 Å². The van der Waals surface area contributed by atoms with Crippen molar-refractivity contribution in [2.45, 2.75) is 45.2 Å². The molecule has 0 spiro atoms. The van der Waals surface area contributed by atoms with Crippen LogP contribution < -0.4 is 11.2 Å². The Hall–Kier alpha value is -1.75. The van der Waals surface area contributed by atoms with Crippen molar-refractivity contribution in [3.8, 4) is 0 Å². The van der Waals surface area contributed by atoms with Gasteiger partial charge < -0.3 is 10.2 Å². The number of nitrogen functional groups attached to an aromatic ring is 1. The van der Waals surface area contributed by atoms with Crippen molar-refractivity contribution in [1.29, 1.82) is 0 Å². The maximum Gasteiger partial charge on any atom is 0.310 e. The Kier molecular flexibility index (Phi) is 3.06. The van der Waals surface area contributed by atoms with Crippen LogP contribution in [0.3, 0.4) is 0 Å². The largest absolute Gasteiger partial charge is 0.423 e. The van der Waals surface area contributed by atoms with Crippen LogP contribution >= 0.6 is 0 Å². The van der Waals surface area contributed by atoms with Crippen LogP contribution in [0.5, 0.6) is 0 Å². The smallest absolute Gasteiger partial charge is 0.310 e. The number of hydrogen-bond donors (Lipinski definition) is 2. The molecule has 2 unspecified atom stereocenters. The van der Waals surface area contributed by atoms with Crippen molar-refractivity contribution < 1.29 is 4.42 Å². The lowest BCUT2D eigenvalue weighted by molar-refractivity contribution is 0.131. The minimum Gasteiger partial charge on any atom is -0.423 e. The van der Waals surface area contributed by atoms with Gasteiger partial charge in [-0.3, -0.25) is 5.43 Å². The summed E-state index contributed by atoms with van der Waals surface area (Å²) in [4.78, 5) is 4.44. The molecule has 1 aliphatic heterocycles. The third-order valence-corrected chi connectivity index (χ3v) is 3.83. The lowest BCUT2D eigenvalue weighted by Gasteiger charge is -2.38. The van der Waals surface area contributed by atoms with Gasteiger partial charge in [0.15, 0.2) is 5.58 Å². The van der Waals surface area contributed by atoms with Crippen molar-refractivity contribution in [2.75, 3.05) is 11.2 Å². The first kappa shape index (κ1) is 12.3.